The average Bonchev–Trinajstić information content (AvgIpc) is 2.39. The van der Waals surface area contributed by atoms with Gasteiger partial charge in [-0.3, -0.25) is 0 Å². The first-order valence-corrected chi connectivity index (χ1v) is 9.13. The molecule has 0 atom stereocenters. The van der Waals surface area contributed by atoms with E-state index in [1.54, 1.807) is 0 Å². The Bertz CT molecular complexity index is 771. The zero-order valence-corrected chi connectivity index (χ0v) is 17.0. The molecule has 2 heteroatoms. The van der Waals surface area contributed by atoms with Gasteiger partial charge in [-0.2, -0.15) is 0 Å². The summed E-state index contributed by atoms with van der Waals surface area (Å²) in [6.45, 7) is 13.4. The summed E-state index contributed by atoms with van der Waals surface area (Å²) in [6, 6.07) is 9.28. The van der Waals surface area contributed by atoms with Crippen LogP contribution in [0.2, 0.25) is 0 Å². The quantitative estimate of drug-likeness (QED) is 0.730. The zero-order chi connectivity index (χ0) is 17.4. The summed E-state index contributed by atoms with van der Waals surface area (Å²) in [5.41, 5.74) is 16.6. The molecule has 1 saturated carbocycles. The van der Waals surface area contributed by atoms with E-state index in [0.717, 1.165) is 0 Å². The average molecular weight is 322 g/mol. The van der Waals surface area contributed by atoms with Crippen molar-refractivity contribution in [2.24, 2.45) is 0 Å². The molecule has 0 nitrogen and oxygen atoms in total. The molecule has 2 aromatic carbocycles. The number of aryl methyl sites for hydroxylation is 6. The number of hydrogen-bond donors (Lipinski definition) is 0. The first-order valence-electron chi connectivity index (χ1n) is 9.13. The van der Waals surface area contributed by atoms with E-state index in [9.17, 15) is 0 Å². The van der Waals surface area contributed by atoms with E-state index in [4.69, 9.17) is 0 Å². The van der Waals surface area contributed by atoms with Crippen LogP contribution >= 0.6 is 0 Å². The number of rotatable bonds is 2. The molecule has 1 aliphatic carbocycles. The summed E-state index contributed by atoms with van der Waals surface area (Å²) >= 11 is 0. The van der Waals surface area contributed by atoms with Crippen LogP contribution in [-0.2, 0) is 0 Å². The number of benzene rings is 2. The fourth-order valence-corrected chi connectivity index (χ4v) is 4.28. The van der Waals surface area contributed by atoms with Crippen molar-refractivity contribution in [2.45, 2.75) is 60.8 Å². The predicted molar refractivity (Wildman–Crippen MR) is 109 cm³/mol. The Hall–Kier alpha value is -1.25. The molecule has 0 amide bonds. The van der Waals surface area contributed by atoms with Gasteiger partial charge in [0.2, 0.25) is 0 Å². The molecule has 1 fully saturated rings. The van der Waals surface area contributed by atoms with Gasteiger partial charge in [0.05, 0.1) is 0 Å². The van der Waals surface area contributed by atoms with Crippen LogP contribution in [0.3, 0.4) is 0 Å². The minimum atomic E-state index is 0. The first kappa shape index (κ1) is 20.1. The van der Waals surface area contributed by atoms with Gasteiger partial charge in [0, 0.05) is 0 Å². The summed E-state index contributed by atoms with van der Waals surface area (Å²) in [7, 11) is 0. The summed E-state index contributed by atoms with van der Waals surface area (Å²) in [4.78, 5) is 0. The minimum absolute atomic E-state index is 0. The maximum Gasteiger partial charge on any atom is 1.00 e. The second-order valence-corrected chi connectivity index (χ2v) is 7.66. The van der Waals surface area contributed by atoms with Gasteiger partial charge in [0.25, 0.3) is 0 Å². The van der Waals surface area contributed by atoms with Crippen molar-refractivity contribution in [1.82, 2.24) is 0 Å². The molecule has 124 valence electrons. The van der Waals surface area contributed by atoms with Crippen molar-refractivity contribution in [3.05, 3.63) is 63.2 Å². The van der Waals surface area contributed by atoms with E-state index < -0.39 is 0 Å². The largest absolute Gasteiger partial charge is 1.00 e. The molecule has 0 aromatic heterocycles. The van der Waals surface area contributed by atoms with Crippen LogP contribution in [0.15, 0.2) is 29.8 Å². The van der Waals surface area contributed by atoms with Crippen LogP contribution in [0.4, 0.5) is 0 Å². The zero-order valence-electron chi connectivity index (χ0n) is 17.0. The van der Waals surface area contributed by atoms with E-state index in [1.165, 1.54) is 69.1 Å². The summed E-state index contributed by atoms with van der Waals surface area (Å²) < 4.78 is 0. The van der Waals surface area contributed by atoms with Crippen LogP contribution < -0.4 is 29.8 Å². The Morgan fingerprint density at radius 3 is 1.32 bits per heavy atom. The van der Waals surface area contributed by atoms with E-state index in [2.05, 4.69) is 71.4 Å². The molecular weight excluding hydrogens is 294 g/mol. The number of hydrogen-bond acceptors (Lipinski definition) is 0. The van der Waals surface area contributed by atoms with Crippen molar-refractivity contribution in [3.63, 3.8) is 0 Å². The van der Waals surface area contributed by atoms with Crippen molar-refractivity contribution in [3.8, 4) is 0 Å². The van der Waals surface area contributed by atoms with Crippen LogP contribution in [0, 0.1) is 41.5 Å². The molecule has 0 bridgehead atoms. The third-order valence-corrected chi connectivity index (χ3v) is 5.36. The fraction of sp³-hybridized carbons (Fsp3) is 0.391. The monoisotopic (exact) mass is 322 g/mol. The standard InChI is InChI=1S/C23H28B.Li/c1-15-10-17(3)22(18(4)11-15)24(14-21-8-7-9-21)23-19(5)12-16(2)13-20(23)6;/h10-13H,7-9H2,1-6H3;/q-1;+1. The van der Waals surface area contributed by atoms with E-state index in [1.807, 2.05) is 0 Å². The van der Waals surface area contributed by atoms with Gasteiger partial charge in [-0.25, -0.2) is 10.9 Å². The van der Waals surface area contributed by atoms with Gasteiger partial charge in [0.15, 0.2) is 0 Å². The second kappa shape index (κ2) is 7.97. The maximum atomic E-state index is 3.90. The Morgan fingerprint density at radius 1 is 0.680 bits per heavy atom. The Morgan fingerprint density at radius 2 is 1.04 bits per heavy atom. The van der Waals surface area contributed by atoms with Crippen LogP contribution in [0.5, 0.6) is 0 Å². The first-order chi connectivity index (χ1) is 11.4. The molecule has 0 unspecified atom stereocenters. The molecule has 1 aliphatic rings. The molecule has 2 aromatic rings. The minimum Gasteiger partial charge on any atom is -0.372 e. The van der Waals surface area contributed by atoms with Crippen LogP contribution in [0.1, 0.15) is 52.6 Å². The van der Waals surface area contributed by atoms with Gasteiger partial charge < -0.3 is 5.62 Å². The van der Waals surface area contributed by atoms with Gasteiger partial charge >= 0.3 is 18.9 Å². The van der Waals surface area contributed by atoms with Crippen molar-refractivity contribution in [2.75, 3.05) is 0 Å². The Balaban J connectivity index is 0.00000225. The normalized spacial score (nSPS) is 13.0. The molecule has 0 heterocycles. The van der Waals surface area contributed by atoms with Crippen LogP contribution in [-0.4, -0.2) is 12.0 Å². The van der Waals surface area contributed by atoms with Gasteiger partial charge in [-0.1, -0.05) is 63.2 Å². The Kier molecular flexibility index (Phi) is 6.40. The summed E-state index contributed by atoms with van der Waals surface area (Å²) in [6.07, 6.45) is 4.04. The molecule has 0 radical (unpaired) electrons. The van der Waals surface area contributed by atoms with Crippen LogP contribution in [0.25, 0.3) is 0 Å². The third-order valence-electron chi connectivity index (χ3n) is 5.36. The maximum absolute atomic E-state index is 3.90. The van der Waals surface area contributed by atoms with E-state index >= 15 is 0 Å². The van der Waals surface area contributed by atoms with Crippen molar-refractivity contribution >= 4 is 22.9 Å². The molecular formula is C23H28BLi. The molecule has 0 saturated heterocycles. The molecule has 25 heavy (non-hydrogen) atoms. The van der Waals surface area contributed by atoms with Crippen molar-refractivity contribution < 1.29 is 18.9 Å². The molecule has 0 aliphatic heterocycles. The van der Waals surface area contributed by atoms with Gasteiger partial charge in [-0.15, -0.1) is 0 Å². The van der Waals surface area contributed by atoms with E-state index in [-0.39, 0.29) is 25.2 Å². The fourth-order valence-electron chi connectivity index (χ4n) is 4.28. The topological polar surface area (TPSA) is 0 Å². The SMILES string of the molecule is Cc1cc(C)c([B-](=C=C2CCC2)c2c(C)cc(C)cc2C)c(C)c1.[Li+]. The molecule has 0 spiro atoms. The third kappa shape index (κ3) is 4.12. The molecule has 0 N–H and O–H groups in total. The van der Waals surface area contributed by atoms with E-state index in [0.29, 0.717) is 0 Å². The van der Waals surface area contributed by atoms with Crippen molar-refractivity contribution in [1.29, 1.82) is 0 Å². The second-order valence-electron chi connectivity index (χ2n) is 7.66. The Labute approximate surface area is 165 Å². The smallest absolute Gasteiger partial charge is 0.372 e. The number of allylic oxidation sites excluding steroid dienone is 1. The van der Waals surface area contributed by atoms with Gasteiger partial charge in [-0.05, 0) is 67.2 Å². The summed E-state index contributed by atoms with van der Waals surface area (Å²) in [5, 5.41) is 0. The molecule has 3 rings (SSSR count). The summed E-state index contributed by atoms with van der Waals surface area (Å²) in [5.74, 6) is 0. The predicted octanol–water partition coefficient (Wildman–Crippen LogP) is 1.24. The van der Waals surface area contributed by atoms with Gasteiger partial charge in [0.1, 0.15) is 0 Å².